The summed E-state index contributed by atoms with van der Waals surface area (Å²) in [5.41, 5.74) is 3.06. The average molecular weight is 259 g/mol. The molecule has 0 aliphatic heterocycles. The zero-order valence-corrected chi connectivity index (χ0v) is 11.1. The van der Waals surface area contributed by atoms with Crippen molar-refractivity contribution in [1.29, 1.82) is 0 Å². The van der Waals surface area contributed by atoms with E-state index < -0.39 is 5.97 Å². The van der Waals surface area contributed by atoms with Gasteiger partial charge in [-0.15, -0.1) is 0 Å². The molecule has 100 valence electrons. The highest BCUT2D eigenvalue weighted by Crippen LogP contribution is 2.19. The molecule has 0 radical (unpaired) electrons. The molecule has 0 atom stereocenters. The number of furan rings is 1. The lowest BCUT2D eigenvalue weighted by Crippen LogP contribution is -2.29. The summed E-state index contributed by atoms with van der Waals surface area (Å²) in [6.45, 7) is 4.35. The van der Waals surface area contributed by atoms with Gasteiger partial charge >= 0.3 is 5.97 Å². The molecule has 0 saturated heterocycles. The van der Waals surface area contributed by atoms with Crippen LogP contribution in [0.4, 0.5) is 5.69 Å². The zero-order chi connectivity index (χ0) is 13.8. The first-order valence-electron chi connectivity index (χ1n) is 6.12. The fourth-order valence-electron chi connectivity index (χ4n) is 1.90. The second-order valence-corrected chi connectivity index (χ2v) is 4.61. The van der Waals surface area contributed by atoms with E-state index in [-0.39, 0.29) is 6.54 Å². The highest BCUT2D eigenvalue weighted by atomic mass is 16.4. The number of nitrogens with zero attached hydrogens (tertiary/aromatic N) is 1. The van der Waals surface area contributed by atoms with Gasteiger partial charge in [0.2, 0.25) is 0 Å². The number of anilines is 1. The minimum absolute atomic E-state index is 0.0524. The number of aryl methyl sites for hydroxylation is 2. The number of rotatable bonds is 5. The minimum Gasteiger partial charge on any atom is -0.480 e. The van der Waals surface area contributed by atoms with Gasteiger partial charge in [0.25, 0.3) is 0 Å². The number of carboxylic acids is 1. The minimum atomic E-state index is -0.857. The Kier molecular flexibility index (Phi) is 3.90. The number of carbonyl (C=O) groups is 1. The van der Waals surface area contributed by atoms with Crippen molar-refractivity contribution in [3.05, 3.63) is 53.5 Å². The maximum atomic E-state index is 11.0. The molecule has 0 spiro atoms. The molecule has 0 amide bonds. The average Bonchev–Trinajstić information content (AvgIpc) is 2.75. The van der Waals surface area contributed by atoms with Gasteiger partial charge in [-0.2, -0.15) is 0 Å². The molecule has 1 aromatic carbocycles. The maximum Gasteiger partial charge on any atom is 0.323 e. The van der Waals surface area contributed by atoms with E-state index in [9.17, 15) is 4.79 Å². The third-order valence-corrected chi connectivity index (χ3v) is 3.03. The first-order valence-corrected chi connectivity index (χ1v) is 6.12. The van der Waals surface area contributed by atoms with Gasteiger partial charge in [0.1, 0.15) is 12.3 Å². The van der Waals surface area contributed by atoms with E-state index in [2.05, 4.69) is 0 Å². The van der Waals surface area contributed by atoms with Gasteiger partial charge in [-0.25, -0.2) is 0 Å². The van der Waals surface area contributed by atoms with Crippen LogP contribution < -0.4 is 4.90 Å². The van der Waals surface area contributed by atoms with Crippen LogP contribution in [0.15, 0.2) is 41.0 Å². The van der Waals surface area contributed by atoms with Crippen molar-refractivity contribution in [2.45, 2.75) is 20.4 Å². The molecule has 2 rings (SSSR count). The summed E-state index contributed by atoms with van der Waals surface area (Å²) >= 11 is 0. The molecule has 4 nitrogen and oxygen atoms in total. The second-order valence-electron chi connectivity index (χ2n) is 4.61. The molecule has 1 heterocycles. The molecular weight excluding hydrogens is 242 g/mol. The summed E-state index contributed by atoms with van der Waals surface area (Å²) < 4.78 is 5.39. The number of aliphatic carboxylic acids is 1. The van der Waals surface area contributed by atoms with Gasteiger partial charge in [-0.1, -0.05) is 17.7 Å². The Morgan fingerprint density at radius 2 is 1.89 bits per heavy atom. The largest absolute Gasteiger partial charge is 0.480 e. The Morgan fingerprint density at radius 1 is 1.21 bits per heavy atom. The second kappa shape index (κ2) is 5.61. The Hall–Kier alpha value is -2.23. The molecule has 19 heavy (non-hydrogen) atoms. The lowest BCUT2D eigenvalue weighted by atomic mass is 10.2. The fourth-order valence-corrected chi connectivity index (χ4v) is 1.90. The van der Waals surface area contributed by atoms with Gasteiger partial charge in [0.05, 0.1) is 12.8 Å². The van der Waals surface area contributed by atoms with Crippen molar-refractivity contribution in [2.75, 3.05) is 11.4 Å². The number of benzene rings is 1. The predicted molar refractivity (Wildman–Crippen MR) is 73.3 cm³/mol. The van der Waals surface area contributed by atoms with Gasteiger partial charge in [-0.05, 0) is 37.6 Å². The van der Waals surface area contributed by atoms with Crippen LogP contribution in [-0.2, 0) is 11.3 Å². The lowest BCUT2D eigenvalue weighted by Gasteiger charge is -2.22. The lowest BCUT2D eigenvalue weighted by molar-refractivity contribution is -0.135. The van der Waals surface area contributed by atoms with Crippen molar-refractivity contribution in [3.8, 4) is 0 Å². The van der Waals surface area contributed by atoms with Gasteiger partial charge in [0, 0.05) is 5.69 Å². The van der Waals surface area contributed by atoms with Crippen LogP contribution in [0.25, 0.3) is 0 Å². The third-order valence-electron chi connectivity index (χ3n) is 3.03. The van der Waals surface area contributed by atoms with Gasteiger partial charge in [0.15, 0.2) is 0 Å². The van der Waals surface area contributed by atoms with Crippen molar-refractivity contribution >= 4 is 11.7 Å². The summed E-state index contributed by atoms with van der Waals surface area (Å²) in [6.07, 6.45) is 1.62. The van der Waals surface area contributed by atoms with E-state index in [1.807, 2.05) is 44.2 Å². The van der Waals surface area contributed by atoms with Crippen LogP contribution in [0.3, 0.4) is 0 Å². The molecule has 0 unspecified atom stereocenters. The smallest absolute Gasteiger partial charge is 0.323 e. The first kappa shape index (κ1) is 13.2. The third kappa shape index (κ3) is 3.37. The van der Waals surface area contributed by atoms with Crippen LogP contribution in [0.1, 0.15) is 16.9 Å². The normalized spacial score (nSPS) is 10.4. The van der Waals surface area contributed by atoms with Crippen LogP contribution >= 0.6 is 0 Å². The van der Waals surface area contributed by atoms with E-state index in [0.717, 1.165) is 22.6 Å². The molecule has 0 fully saturated rings. The standard InChI is InChI=1S/C15H17NO3/c1-11-3-5-13(6-4-11)16(10-15(17)18)9-14-12(2)7-8-19-14/h3-8H,9-10H2,1-2H3,(H,17,18). The molecule has 0 saturated carbocycles. The molecule has 0 bridgehead atoms. The predicted octanol–water partition coefficient (Wildman–Crippen LogP) is 2.99. The molecule has 0 aliphatic rings. The Labute approximate surface area is 112 Å². The highest BCUT2D eigenvalue weighted by Gasteiger charge is 2.14. The number of carboxylic acid groups (broad SMARTS) is 1. The van der Waals surface area contributed by atoms with Gasteiger partial charge < -0.3 is 14.4 Å². The van der Waals surface area contributed by atoms with E-state index in [1.165, 1.54) is 0 Å². The fraction of sp³-hybridized carbons (Fsp3) is 0.267. The van der Waals surface area contributed by atoms with Crippen molar-refractivity contribution in [1.82, 2.24) is 0 Å². The van der Waals surface area contributed by atoms with Crippen LogP contribution in [0.2, 0.25) is 0 Å². The quantitative estimate of drug-likeness (QED) is 0.896. The van der Waals surface area contributed by atoms with Crippen molar-refractivity contribution in [2.24, 2.45) is 0 Å². The molecule has 1 aromatic heterocycles. The van der Waals surface area contributed by atoms with Gasteiger partial charge in [-0.3, -0.25) is 4.79 Å². The zero-order valence-electron chi connectivity index (χ0n) is 11.1. The highest BCUT2D eigenvalue weighted by molar-refractivity contribution is 5.73. The summed E-state index contributed by atoms with van der Waals surface area (Å²) in [5.74, 6) is -0.0633. The van der Waals surface area contributed by atoms with Crippen molar-refractivity contribution < 1.29 is 14.3 Å². The molecule has 1 N–H and O–H groups in total. The van der Waals surface area contributed by atoms with Crippen LogP contribution in [-0.4, -0.2) is 17.6 Å². The molecular formula is C15H17NO3. The first-order chi connectivity index (χ1) is 9.06. The summed E-state index contributed by atoms with van der Waals surface area (Å²) in [6, 6.07) is 9.68. The van der Waals surface area contributed by atoms with E-state index >= 15 is 0 Å². The maximum absolute atomic E-state index is 11.0. The van der Waals surface area contributed by atoms with Crippen molar-refractivity contribution in [3.63, 3.8) is 0 Å². The van der Waals surface area contributed by atoms with E-state index in [4.69, 9.17) is 9.52 Å². The topological polar surface area (TPSA) is 53.7 Å². The monoisotopic (exact) mass is 259 g/mol. The number of hydrogen-bond donors (Lipinski definition) is 1. The summed E-state index contributed by atoms with van der Waals surface area (Å²) in [5, 5.41) is 9.03. The SMILES string of the molecule is Cc1ccc(N(CC(=O)O)Cc2occc2C)cc1. The van der Waals surface area contributed by atoms with Crippen LogP contribution in [0, 0.1) is 13.8 Å². The van der Waals surface area contributed by atoms with E-state index in [0.29, 0.717) is 6.54 Å². The summed E-state index contributed by atoms with van der Waals surface area (Å²) in [4.78, 5) is 12.8. The molecule has 2 aromatic rings. The molecule has 4 heteroatoms. The Morgan fingerprint density at radius 3 is 2.42 bits per heavy atom. The number of hydrogen-bond acceptors (Lipinski definition) is 3. The molecule has 0 aliphatic carbocycles. The Bertz CT molecular complexity index is 557. The van der Waals surface area contributed by atoms with E-state index in [1.54, 1.807) is 11.2 Å². The Balaban J connectivity index is 2.23. The van der Waals surface area contributed by atoms with Crippen LogP contribution in [0.5, 0.6) is 0 Å². The summed E-state index contributed by atoms with van der Waals surface area (Å²) in [7, 11) is 0.